The zero-order chi connectivity index (χ0) is 15.9. The van der Waals surface area contributed by atoms with Crippen LogP contribution in [0.4, 0.5) is 0 Å². The van der Waals surface area contributed by atoms with E-state index in [0.717, 1.165) is 28.2 Å². The molecule has 0 fully saturated rings. The highest BCUT2D eigenvalue weighted by Crippen LogP contribution is 2.22. The zero-order valence-corrected chi connectivity index (χ0v) is 13.4. The number of fused-ring (bicyclic) bond motifs is 1. The van der Waals surface area contributed by atoms with Gasteiger partial charge in [-0.15, -0.1) is 0 Å². The van der Waals surface area contributed by atoms with Gasteiger partial charge >= 0.3 is 0 Å². The van der Waals surface area contributed by atoms with Gasteiger partial charge in [0.1, 0.15) is 5.82 Å². The van der Waals surface area contributed by atoms with Gasteiger partial charge in [-0.3, -0.25) is 9.36 Å². The molecule has 0 saturated heterocycles. The Hall–Kier alpha value is -2.42. The maximum absolute atomic E-state index is 13.2. The van der Waals surface area contributed by atoms with Crippen molar-refractivity contribution in [2.75, 3.05) is 0 Å². The van der Waals surface area contributed by atoms with Gasteiger partial charge in [-0.05, 0) is 37.1 Å². The van der Waals surface area contributed by atoms with E-state index in [1.54, 1.807) is 4.57 Å². The average molecular weight is 292 g/mol. The van der Waals surface area contributed by atoms with E-state index in [4.69, 9.17) is 4.98 Å². The van der Waals surface area contributed by atoms with Crippen LogP contribution in [0.25, 0.3) is 16.6 Å². The van der Waals surface area contributed by atoms with Crippen molar-refractivity contribution >= 4 is 10.9 Å². The van der Waals surface area contributed by atoms with Crippen molar-refractivity contribution in [1.82, 2.24) is 9.55 Å². The van der Waals surface area contributed by atoms with Crippen LogP contribution in [0.2, 0.25) is 0 Å². The second-order valence-corrected chi connectivity index (χ2v) is 6.02. The Kier molecular flexibility index (Phi) is 3.57. The molecule has 112 valence electrons. The minimum Gasteiger partial charge on any atom is -0.268 e. The number of aromatic nitrogens is 2. The molecular weight excluding hydrogens is 272 g/mol. The van der Waals surface area contributed by atoms with E-state index < -0.39 is 0 Å². The predicted octanol–water partition coefficient (Wildman–Crippen LogP) is 4.13. The summed E-state index contributed by atoms with van der Waals surface area (Å²) in [6.45, 7) is 8.12. The fraction of sp³-hybridized carbons (Fsp3) is 0.263. The maximum atomic E-state index is 13.2. The van der Waals surface area contributed by atoms with Crippen LogP contribution in [-0.4, -0.2) is 9.55 Å². The van der Waals surface area contributed by atoms with Gasteiger partial charge in [0.15, 0.2) is 0 Å². The van der Waals surface area contributed by atoms with Crippen LogP contribution in [0.15, 0.2) is 47.3 Å². The Bertz CT molecular complexity index is 907. The maximum Gasteiger partial charge on any atom is 0.266 e. The highest BCUT2D eigenvalue weighted by molar-refractivity contribution is 5.81. The summed E-state index contributed by atoms with van der Waals surface area (Å²) in [5.74, 6) is 0.967. The van der Waals surface area contributed by atoms with Crippen LogP contribution in [-0.2, 0) is 0 Å². The van der Waals surface area contributed by atoms with E-state index in [9.17, 15) is 4.79 Å². The third-order valence-electron chi connectivity index (χ3n) is 4.00. The molecule has 3 aromatic rings. The first kappa shape index (κ1) is 14.5. The fourth-order valence-electron chi connectivity index (χ4n) is 2.85. The van der Waals surface area contributed by atoms with E-state index in [1.807, 2.05) is 56.3 Å². The summed E-state index contributed by atoms with van der Waals surface area (Å²) in [7, 11) is 0. The first-order valence-corrected chi connectivity index (χ1v) is 7.59. The van der Waals surface area contributed by atoms with E-state index >= 15 is 0 Å². The van der Waals surface area contributed by atoms with Crippen molar-refractivity contribution in [3.8, 4) is 5.69 Å². The fourth-order valence-corrected chi connectivity index (χ4v) is 2.85. The average Bonchev–Trinajstić information content (AvgIpc) is 2.48. The molecule has 0 atom stereocenters. The summed E-state index contributed by atoms with van der Waals surface area (Å²) in [5.41, 5.74) is 3.74. The third-order valence-corrected chi connectivity index (χ3v) is 4.00. The lowest BCUT2D eigenvalue weighted by atomic mass is 10.1. The highest BCUT2D eigenvalue weighted by atomic mass is 16.1. The number of nitrogens with zero attached hydrogens (tertiary/aromatic N) is 2. The number of rotatable bonds is 2. The Morgan fingerprint density at radius 3 is 2.32 bits per heavy atom. The molecule has 0 amide bonds. The molecule has 2 aromatic carbocycles. The number of hydrogen-bond donors (Lipinski definition) is 0. The van der Waals surface area contributed by atoms with Gasteiger partial charge in [-0.25, -0.2) is 4.98 Å². The van der Waals surface area contributed by atoms with Crippen LogP contribution in [0.1, 0.15) is 36.7 Å². The normalized spacial score (nSPS) is 11.3. The van der Waals surface area contributed by atoms with Crippen LogP contribution >= 0.6 is 0 Å². The molecule has 0 N–H and O–H groups in total. The van der Waals surface area contributed by atoms with Crippen LogP contribution < -0.4 is 5.56 Å². The van der Waals surface area contributed by atoms with Gasteiger partial charge in [0.05, 0.1) is 16.6 Å². The monoisotopic (exact) mass is 292 g/mol. The molecule has 0 aliphatic carbocycles. The van der Waals surface area contributed by atoms with Crippen LogP contribution in [0.5, 0.6) is 0 Å². The Balaban J connectivity index is 2.50. The molecule has 0 unspecified atom stereocenters. The van der Waals surface area contributed by atoms with Crippen molar-refractivity contribution in [3.63, 3.8) is 0 Å². The molecule has 0 saturated carbocycles. The lowest BCUT2D eigenvalue weighted by molar-refractivity contribution is 0.721. The smallest absolute Gasteiger partial charge is 0.266 e. The molecule has 0 radical (unpaired) electrons. The Morgan fingerprint density at radius 1 is 0.955 bits per heavy atom. The number of para-hydroxylation sites is 1. The Labute approximate surface area is 130 Å². The van der Waals surface area contributed by atoms with Crippen molar-refractivity contribution in [2.24, 2.45) is 0 Å². The second-order valence-electron chi connectivity index (χ2n) is 6.02. The quantitative estimate of drug-likeness (QED) is 0.712. The molecule has 0 aliphatic heterocycles. The topological polar surface area (TPSA) is 34.9 Å². The lowest BCUT2D eigenvalue weighted by Crippen LogP contribution is -2.25. The molecule has 3 nitrogen and oxygen atoms in total. The summed E-state index contributed by atoms with van der Waals surface area (Å²) in [5, 5.41) is 0.704. The van der Waals surface area contributed by atoms with E-state index in [0.29, 0.717) is 5.39 Å². The van der Waals surface area contributed by atoms with Gasteiger partial charge in [0, 0.05) is 5.92 Å². The molecule has 0 bridgehead atoms. The van der Waals surface area contributed by atoms with Gasteiger partial charge in [-0.1, -0.05) is 44.2 Å². The molecular formula is C19H20N2O. The van der Waals surface area contributed by atoms with Gasteiger partial charge in [0.2, 0.25) is 0 Å². The van der Waals surface area contributed by atoms with Gasteiger partial charge in [0.25, 0.3) is 5.56 Å². The van der Waals surface area contributed by atoms with E-state index in [1.165, 1.54) is 0 Å². The number of aryl methyl sites for hydroxylation is 2. The zero-order valence-electron chi connectivity index (χ0n) is 13.4. The number of hydrogen-bond acceptors (Lipinski definition) is 2. The number of benzene rings is 2. The summed E-state index contributed by atoms with van der Waals surface area (Å²) in [6.07, 6.45) is 0. The van der Waals surface area contributed by atoms with Crippen LogP contribution in [0.3, 0.4) is 0 Å². The van der Waals surface area contributed by atoms with Crippen LogP contribution in [0, 0.1) is 13.8 Å². The molecule has 1 aromatic heterocycles. The second kappa shape index (κ2) is 5.41. The molecule has 1 heterocycles. The molecule has 0 spiro atoms. The molecule has 0 aliphatic rings. The minimum atomic E-state index is 0.0149. The summed E-state index contributed by atoms with van der Waals surface area (Å²) < 4.78 is 1.77. The summed E-state index contributed by atoms with van der Waals surface area (Å²) >= 11 is 0. The van der Waals surface area contributed by atoms with Crippen molar-refractivity contribution in [1.29, 1.82) is 0 Å². The Morgan fingerprint density at radius 2 is 1.64 bits per heavy atom. The molecule has 22 heavy (non-hydrogen) atoms. The molecule has 3 rings (SSSR count). The minimum absolute atomic E-state index is 0.0149. The lowest BCUT2D eigenvalue weighted by Gasteiger charge is -2.18. The van der Waals surface area contributed by atoms with Crippen molar-refractivity contribution in [3.05, 3.63) is 69.8 Å². The van der Waals surface area contributed by atoms with Crippen molar-refractivity contribution in [2.45, 2.75) is 33.6 Å². The first-order valence-electron chi connectivity index (χ1n) is 7.59. The van der Waals surface area contributed by atoms with Gasteiger partial charge < -0.3 is 0 Å². The SMILES string of the molecule is Cc1ccccc1-n1c(C(C)C)nc2cccc(C)c2c1=O. The summed E-state index contributed by atoms with van der Waals surface area (Å²) in [4.78, 5) is 17.9. The van der Waals surface area contributed by atoms with E-state index in [-0.39, 0.29) is 11.5 Å². The van der Waals surface area contributed by atoms with Crippen molar-refractivity contribution < 1.29 is 0 Å². The highest BCUT2D eigenvalue weighted by Gasteiger charge is 2.17. The predicted molar refractivity (Wildman–Crippen MR) is 90.9 cm³/mol. The molecule has 3 heteroatoms. The van der Waals surface area contributed by atoms with E-state index in [2.05, 4.69) is 13.8 Å². The van der Waals surface area contributed by atoms with Gasteiger partial charge in [-0.2, -0.15) is 0 Å². The standard InChI is InChI=1S/C19H20N2O/c1-12(2)18-20-15-10-7-9-14(4)17(15)19(22)21(18)16-11-6-5-8-13(16)3/h5-12H,1-4H3. The first-order chi connectivity index (χ1) is 10.5. The summed E-state index contributed by atoms with van der Waals surface area (Å²) in [6, 6.07) is 13.8. The third kappa shape index (κ3) is 2.23. The largest absolute Gasteiger partial charge is 0.268 e.